The highest BCUT2D eigenvalue weighted by molar-refractivity contribution is 7.12. The first-order valence-corrected chi connectivity index (χ1v) is 10.5. The van der Waals surface area contributed by atoms with E-state index in [-0.39, 0.29) is 30.3 Å². The number of hydrogen-bond acceptors (Lipinski definition) is 8. The van der Waals surface area contributed by atoms with Crippen LogP contribution in [0.1, 0.15) is 28.4 Å². The Balaban J connectivity index is 1.35. The number of para-hydroxylation sites is 1. The van der Waals surface area contributed by atoms with E-state index in [0.29, 0.717) is 41.5 Å². The maximum Gasteiger partial charge on any atom is 0.311 e. The van der Waals surface area contributed by atoms with Crippen molar-refractivity contribution in [2.75, 3.05) is 20.2 Å². The third-order valence-corrected chi connectivity index (χ3v) is 5.79. The molecule has 156 valence electrons. The van der Waals surface area contributed by atoms with Crippen LogP contribution in [-0.4, -0.2) is 47.1 Å². The zero-order chi connectivity index (χ0) is 20.9. The van der Waals surface area contributed by atoms with Crippen LogP contribution in [-0.2, 0) is 16.1 Å². The third kappa shape index (κ3) is 4.35. The topological polar surface area (TPSA) is 94.8 Å². The number of thiophene rings is 1. The average molecular weight is 427 g/mol. The number of piperidine rings is 1. The van der Waals surface area contributed by atoms with E-state index in [9.17, 15) is 9.59 Å². The summed E-state index contributed by atoms with van der Waals surface area (Å²) < 4.78 is 15.9. The molecule has 1 atom stereocenters. The molecule has 2 aromatic heterocycles. The number of benzene rings is 1. The molecule has 1 unspecified atom stereocenters. The second-order valence-electron chi connectivity index (χ2n) is 6.89. The lowest BCUT2D eigenvalue weighted by Gasteiger charge is -2.31. The minimum Gasteiger partial charge on any atom is -0.496 e. The van der Waals surface area contributed by atoms with Gasteiger partial charge in [0.1, 0.15) is 5.75 Å². The van der Waals surface area contributed by atoms with E-state index in [0.717, 1.165) is 6.42 Å². The summed E-state index contributed by atoms with van der Waals surface area (Å²) in [7, 11) is 1.57. The smallest absolute Gasteiger partial charge is 0.311 e. The molecular formula is C21H21N3O5S. The van der Waals surface area contributed by atoms with Gasteiger partial charge >= 0.3 is 5.97 Å². The monoisotopic (exact) mass is 427 g/mol. The van der Waals surface area contributed by atoms with Gasteiger partial charge in [-0.2, -0.15) is 4.98 Å². The van der Waals surface area contributed by atoms with Crippen LogP contribution in [0.25, 0.3) is 11.4 Å². The summed E-state index contributed by atoms with van der Waals surface area (Å²) in [4.78, 5) is 31.8. The minimum atomic E-state index is -0.365. The fourth-order valence-corrected chi connectivity index (χ4v) is 4.10. The second kappa shape index (κ2) is 9.08. The average Bonchev–Trinajstić information content (AvgIpc) is 3.49. The van der Waals surface area contributed by atoms with Gasteiger partial charge in [-0.05, 0) is 36.4 Å². The molecule has 1 aliphatic heterocycles. The van der Waals surface area contributed by atoms with Crippen molar-refractivity contribution < 1.29 is 23.6 Å². The van der Waals surface area contributed by atoms with Gasteiger partial charge in [-0.15, -0.1) is 11.3 Å². The number of esters is 1. The van der Waals surface area contributed by atoms with Crippen molar-refractivity contribution in [2.24, 2.45) is 5.92 Å². The number of aromatic nitrogens is 2. The molecule has 0 N–H and O–H groups in total. The summed E-state index contributed by atoms with van der Waals surface area (Å²) in [5.74, 6) is 0.422. The zero-order valence-electron chi connectivity index (χ0n) is 16.4. The highest BCUT2D eigenvalue weighted by Crippen LogP contribution is 2.27. The summed E-state index contributed by atoms with van der Waals surface area (Å²) >= 11 is 1.40. The van der Waals surface area contributed by atoms with Crippen LogP contribution in [0.2, 0.25) is 0 Å². The molecule has 0 aliphatic carbocycles. The van der Waals surface area contributed by atoms with Gasteiger partial charge in [0.25, 0.3) is 11.8 Å². The molecule has 30 heavy (non-hydrogen) atoms. The Kier molecular flexibility index (Phi) is 6.08. The summed E-state index contributed by atoms with van der Waals surface area (Å²) in [6, 6.07) is 11.0. The van der Waals surface area contributed by atoms with Crippen molar-refractivity contribution in [1.29, 1.82) is 0 Å². The first-order chi connectivity index (χ1) is 14.7. The van der Waals surface area contributed by atoms with Gasteiger partial charge in [-0.25, -0.2) is 0 Å². The molecular weight excluding hydrogens is 406 g/mol. The van der Waals surface area contributed by atoms with Crippen molar-refractivity contribution in [3.63, 3.8) is 0 Å². The molecule has 3 heterocycles. The van der Waals surface area contributed by atoms with Crippen LogP contribution < -0.4 is 4.74 Å². The predicted octanol–water partition coefficient (Wildman–Crippen LogP) is 3.40. The Bertz CT molecular complexity index is 1020. The highest BCUT2D eigenvalue weighted by Gasteiger charge is 2.30. The first kappa shape index (κ1) is 20.1. The summed E-state index contributed by atoms with van der Waals surface area (Å²) in [6.45, 7) is 0.884. The van der Waals surface area contributed by atoms with E-state index in [1.165, 1.54) is 11.3 Å². The van der Waals surface area contributed by atoms with Crippen LogP contribution >= 0.6 is 11.3 Å². The van der Waals surface area contributed by atoms with Crippen LogP contribution in [0.4, 0.5) is 0 Å². The number of amides is 1. The van der Waals surface area contributed by atoms with Crippen molar-refractivity contribution in [1.82, 2.24) is 15.0 Å². The van der Waals surface area contributed by atoms with E-state index in [1.807, 2.05) is 29.6 Å². The van der Waals surface area contributed by atoms with Gasteiger partial charge in [-0.1, -0.05) is 23.4 Å². The lowest BCUT2D eigenvalue weighted by atomic mass is 9.98. The largest absolute Gasteiger partial charge is 0.496 e. The number of likely N-dealkylation sites (tertiary alicyclic amines) is 1. The van der Waals surface area contributed by atoms with Crippen molar-refractivity contribution in [3.05, 3.63) is 52.5 Å². The van der Waals surface area contributed by atoms with E-state index in [4.69, 9.17) is 14.0 Å². The summed E-state index contributed by atoms with van der Waals surface area (Å²) in [5.41, 5.74) is 0.691. The van der Waals surface area contributed by atoms with Gasteiger partial charge in [0.15, 0.2) is 6.61 Å². The Labute approximate surface area is 177 Å². The summed E-state index contributed by atoms with van der Waals surface area (Å²) in [5, 5.41) is 5.81. The third-order valence-electron chi connectivity index (χ3n) is 4.93. The fraction of sp³-hybridized carbons (Fsp3) is 0.333. The molecule has 1 saturated heterocycles. The molecule has 1 fully saturated rings. The van der Waals surface area contributed by atoms with E-state index < -0.39 is 0 Å². The van der Waals surface area contributed by atoms with Gasteiger partial charge in [-0.3, -0.25) is 9.59 Å². The SMILES string of the molecule is COc1ccccc1-c1noc(COC(=O)C2CCCN(C(=O)c3cccs3)C2)n1. The van der Waals surface area contributed by atoms with Crippen LogP contribution in [0, 0.1) is 5.92 Å². The number of carbonyl (C=O) groups excluding carboxylic acids is 2. The van der Waals surface area contributed by atoms with Gasteiger partial charge in [0, 0.05) is 13.1 Å². The minimum absolute atomic E-state index is 0.0409. The molecule has 0 saturated carbocycles. The molecule has 3 aromatic rings. The maximum atomic E-state index is 12.5. The molecule has 1 aliphatic rings. The quantitative estimate of drug-likeness (QED) is 0.557. The van der Waals surface area contributed by atoms with Gasteiger partial charge < -0.3 is 18.9 Å². The lowest BCUT2D eigenvalue weighted by molar-refractivity contribution is -0.152. The molecule has 1 amide bonds. The van der Waals surface area contributed by atoms with E-state index in [1.54, 1.807) is 24.1 Å². The predicted molar refractivity (Wildman–Crippen MR) is 109 cm³/mol. The molecule has 0 bridgehead atoms. The van der Waals surface area contributed by atoms with Gasteiger partial charge in [0.05, 0.1) is 23.5 Å². The molecule has 4 rings (SSSR count). The number of hydrogen-bond donors (Lipinski definition) is 0. The second-order valence-corrected chi connectivity index (χ2v) is 7.84. The van der Waals surface area contributed by atoms with Crippen molar-refractivity contribution in [3.8, 4) is 17.1 Å². The first-order valence-electron chi connectivity index (χ1n) is 9.61. The number of methoxy groups -OCH3 is 1. The molecule has 8 nitrogen and oxygen atoms in total. The van der Waals surface area contributed by atoms with Crippen LogP contribution in [0.5, 0.6) is 5.75 Å². The highest BCUT2D eigenvalue weighted by atomic mass is 32.1. The Hall–Kier alpha value is -3.20. The molecule has 0 spiro atoms. The molecule has 1 aromatic carbocycles. The lowest BCUT2D eigenvalue weighted by Crippen LogP contribution is -2.42. The van der Waals surface area contributed by atoms with E-state index >= 15 is 0 Å². The van der Waals surface area contributed by atoms with Crippen LogP contribution in [0.3, 0.4) is 0 Å². The fourth-order valence-electron chi connectivity index (χ4n) is 3.41. The van der Waals surface area contributed by atoms with E-state index in [2.05, 4.69) is 10.1 Å². The number of nitrogens with zero attached hydrogens (tertiary/aromatic N) is 3. The van der Waals surface area contributed by atoms with Crippen LogP contribution in [0.15, 0.2) is 46.3 Å². The molecule has 0 radical (unpaired) electrons. The van der Waals surface area contributed by atoms with Crippen molar-refractivity contribution in [2.45, 2.75) is 19.4 Å². The van der Waals surface area contributed by atoms with Crippen molar-refractivity contribution >= 4 is 23.2 Å². The molecule has 9 heteroatoms. The standard InChI is InChI=1S/C21H21N3O5S/c1-27-16-8-3-2-7-15(16)19-22-18(29-23-19)13-28-21(26)14-6-4-10-24(12-14)20(25)17-9-5-11-30-17/h2-3,5,7-9,11,14H,4,6,10,12-13H2,1H3. The number of rotatable bonds is 6. The Morgan fingerprint density at radius 1 is 1.27 bits per heavy atom. The maximum absolute atomic E-state index is 12.5. The number of ether oxygens (including phenoxy) is 2. The normalized spacial score (nSPS) is 16.3. The Morgan fingerprint density at radius 3 is 2.93 bits per heavy atom. The van der Waals surface area contributed by atoms with Gasteiger partial charge in [0.2, 0.25) is 5.82 Å². The summed E-state index contributed by atoms with van der Waals surface area (Å²) in [6.07, 6.45) is 1.44. The Morgan fingerprint density at radius 2 is 2.13 bits per heavy atom. The zero-order valence-corrected chi connectivity index (χ0v) is 17.3. The number of carbonyl (C=O) groups is 2.